The largest absolute Gasteiger partial charge is 0.478 e. The number of carboxylic acids is 1. The topological polar surface area (TPSA) is 40.5 Å². The predicted molar refractivity (Wildman–Crippen MR) is 108 cm³/mol. The molecule has 0 saturated heterocycles. The highest BCUT2D eigenvalue weighted by atomic mass is 16.4. The summed E-state index contributed by atoms with van der Waals surface area (Å²) < 4.78 is 0. The van der Waals surface area contributed by atoms with Gasteiger partial charge in [-0.3, -0.25) is 0 Å². The molecule has 0 saturated carbocycles. The Morgan fingerprint density at radius 1 is 1.00 bits per heavy atom. The van der Waals surface area contributed by atoms with Crippen molar-refractivity contribution in [2.75, 3.05) is 18.5 Å². The van der Waals surface area contributed by atoms with E-state index in [2.05, 4.69) is 4.90 Å². The van der Waals surface area contributed by atoms with Crippen molar-refractivity contribution in [2.45, 2.75) is 6.92 Å². The number of hydrogen-bond donors (Lipinski definition) is 1. The van der Waals surface area contributed by atoms with Crippen molar-refractivity contribution in [1.82, 2.24) is 0 Å². The first-order chi connectivity index (χ1) is 12.6. The van der Waals surface area contributed by atoms with Gasteiger partial charge in [-0.1, -0.05) is 67.6 Å². The zero-order valence-corrected chi connectivity index (χ0v) is 15.1. The van der Waals surface area contributed by atoms with E-state index < -0.39 is 5.97 Å². The van der Waals surface area contributed by atoms with Gasteiger partial charge in [0.25, 0.3) is 0 Å². The van der Waals surface area contributed by atoms with E-state index >= 15 is 0 Å². The van der Waals surface area contributed by atoms with Gasteiger partial charge in [0.2, 0.25) is 0 Å². The van der Waals surface area contributed by atoms with Crippen molar-refractivity contribution >= 4 is 28.5 Å². The number of nitrogens with zero attached hydrogens (tertiary/aromatic N) is 1. The molecule has 0 amide bonds. The number of anilines is 1. The Labute approximate surface area is 154 Å². The van der Waals surface area contributed by atoms with E-state index in [1.165, 1.54) is 0 Å². The van der Waals surface area contributed by atoms with Gasteiger partial charge < -0.3 is 10.0 Å². The Morgan fingerprint density at radius 3 is 2.38 bits per heavy atom. The van der Waals surface area contributed by atoms with Gasteiger partial charge in [0.15, 0.2) is 0 Å². The van der Waals surface area contributed by atoms with Crippen LogP contribution < -0.4 is 4.90 Å². The van der Waals surface area contributed by atoms with E-state index in [4.69, 9.17) is 0 Å². The molecule has 3 nitrogen and oxygen atoms in total. The minimum absolute atomic E-state index is 0.114. The zero-order valence-electron chi connectivity index (χ0n) is 15.1. The number of carboxylic acid groups (broad SMARTS) is 1. The standard InChI is InChI=1S/C23H23NO2/c1-17(16-24(2)20-12-4-3-5-13-20)22(23(25)26)15-19-11-8-10-18-9-6-7-14-21(18)19/h3-15,17H,16H2,1-2H3,(H,25,26). The fourth-order valence-corrected chi connectivity index (χ4v) is 3.26. The van der Waals surface area contributed by atoms with Gasteiger partial charge in [0.1, 0.15) is 0 Å². The molecule has 0 aromatic heterocycles. The molecule has 1 atom stereocenters. The number of carbonyl (C=O) groups is 1. The van der Waals surface area contributed by atoms with E-state index in [0.717, 1.165) is 22.0 Å². The Kier molecular flexibility index (Phi) is 5.37. The molecule has 3 rings (SSSR count). The number of hydrogen-bond acceptors (Lipinski definition) is 2. The molecule has 0 fully saturated rings. The van der Waals surface area contributed by atoms with E-state index in [9.17, 15) is 9.90 Å². The summed E-state index contributed by atoms with van der Waals surface area (Å²) in [6, 6.07) is 24.0. The van der Waals surface area contributed by atoms with Gasteiger partial charge in [-0.25, -0.2) is 4.79 Å². The van der Waals surface area contributed by atoms with Gasteiger partial charge >= 0.3 is 5.97 Å². The highest BCUT2D eigenvalue weighted by Crippen LogP contribution is 2.24. The summed E-state index contributed by atoms with van der Waals surface area (Å²) in [5.41, 5.74) is 2.44. The number of para-hydroxylation sites is 1. The molecule has 0 bridgehead atoms. The molecule has 26 heavy (non-hydrogen) atoms. The van der Waals surface area contributed by atoms with Crippen LogP contribution in [0, 0.1) is 5.92 Å². The summed E-state index contributed by atoms with van der Waals surface area (Å²) >= 11 is 0. The molecule has 0 aliphatic rings. The first-order valence-corrected chi connectivity index (χ1v) is 8.75. The lowest BCUT2D eigenvalue weighted by molar-refractivity contribution is -0.133. The summed E-state index contributed by atoms with van der Waals surface area (Å²) in [4.78, 5) is 14.0. The lowest BCUT2D eigenvalue weighted by atomic mass is 9.95. The molecule has 1 unspecified atom stereocenters. The number of benzene rings is 3. The van der Waals surface area contributed by atoms with Gasteiger partial charge in [-0.2, -0.15) is 0 Å². The molecule has 0 radical (unpaired) electrons. The van der Waals surface area contributed by atoms with E-state index in [1.807, 2.05) is 92.8 Å². The molecular formula is C23H23NO2. The van der Waals surface area contributed by atoms with Gasteiger partial charge in [-0.15, -0.1) is 0 Å². The normalized spacial score (nSPS) is 12.8. The van der Waals surface area contributed by atoms with Crippen molar-refractivity contribution < 1.29 is 9.90 Å². The third kappa shape index (κ3) is 3.94. The molecule has 3 heteroatoms. The van der Waals surface area contributed by atoms with Crippen LogP contribution in [-0.2, 0) is 4.79 Å². The van der Waals surface area contributed by atoms with Crippen LogP contribution in [0.15, 0.2) is 78.4 Å². The Balaban J connectivity index is 1.91. The van der Waals surface area contributed by atoms with E-state index in [0.29, 0.717) is 12.1 Å². The molecule has 3 aromatic carbocycles. The van der Waals surface area contributed by atoms with Crippen LogP contribution in [0.3, 0.4) is 0 Å². The lowest BCUT2D eigenvalue weighted by Crippen LogP contribution is -2.27. The Morgan fingerprint density at radius 2 is 1.65 bits per heavy atom. The molecular weight excluding hydrogens is 322 g/mol. The SMILES string of the molecule is CC(CN(C)c1ccccc1)C(=Cc1cccc2ccccc12)C(=O)O. The first kappa shape index (κ1) is 17.7. The molecule has 0 aliphatic carbocycles. The van der Waals surface area contributed by atoms with Crippen LogP contribution >= 0.6 is 0 Å². The van der Waals surface area contributed by atoms with Gasteiger partial charge in [-0.05, 0) is 34.5 Å². The van der Waals surface area contributed by atoms with Gasteiger partial charge in [0, 0.05) is 30.8 Å². The second-order valence-corrected chi connectivity index (χ2v) is 6.59. The third-order valence-electron chi connectivity index (χ3n) is 4.66. The maximum Gasteiger partial charge on any atom is 0.331 e. The quantitative estimate of drug-likeness (QED) is 0.633. The average Bonchev–Trinajstić information content (AvgIpc) is 2.66. The summed E-state index contributed by atoms with van der Waals surface area (Å²) in [5.74, 6) is -0.983. The Hall–Kier alpha value is -3.07. The Bertz CT molecular complexity index is 926. The number of rotatable bonds is 6. The fraction of sp³-hybridized carbons (Fsp3) is 0.174. The van der Waals surface area contributed by atoms with Crippen molar-refractivity contribution in [1.29, 1.82) is 0 Å². The molecule has 1 N–H and O–H groups in total. The van der Waals surface area contributed by atoms with Crippen LogP contribution in [0.1, 0.15) is 12.5 Å². The summed E-state index contributed by atoms with van der Waals surface area (Å²) in [5, 5.41) is 12.0. The average molecular weight is 345 g/mol. The van der Waals surface area contributed by atoms with Crippen molar-refractivity contribution in [3.63, 3.8) is 0 Å². The van der Waals surface area contributed by atoms with Crippen LogP contribution in [-0.4, -0.2) is 24.7 Å². The van der Waals surface area contributed by atoms with Crippen LogP contribution in [0.25, 0.3) is 16.8 Å². The lowest BCUT2D eigenvalue weighted by Gasteiger charge is -2.24. The van der Waals surface area contributed by atoms with E-state index in [1.54, 1.807) is 0 Å². The molecule has 3 aromatic rings. The predicted octanol–water partition coefficient (Wildman–Crippen LogP) is 5.08. The second kappa shape index (κ2) is 7.87. The van der Waals surface area contributed by atoms with E-state index in [-0.39, 0.29) is 5.92 Å². The molecule has 132 valence electrons. The number of fused-ring (bicyclic) bond motifs is 1. The highest BCUT2D eigenvalue weighted by Gasteiger charge is 2.18. The molecule has 0 aliphatic heterocycles. The third-order valence-corrected chi connectivity index (χ3v) is 4.66. The smallest absolute Gasteiger partial charge is 0.331 e. The molecule has 0 spiro atoms. The van der Waals surface area contributed by atoms with Crippen molar-refractivity contribution in [3.05, 3.63) is 83.9 Å². The molecule has 0 heterocycles. The van der Waals surface area contributed by atoms with Crippen molar-refractivity contribution in [3.8, 4) is 0 Å². The maximum absolute atomic E-state index is 11.9. The van der Waals surface area contributed by atoms with Crippen LogP contribution in [0.4, 0.5) is 5.69 Å². The minimum atomic E-state index is -0.869. The number of aliphatic carboxylic acids is 1. The highest BCUT2D eigenvalue weighted by molar-refractivity contribution is 5.98. The van der Waals surface area contributed by atoms with Crippen LogP contribution in [0.5, 0.6) is 0 Å². The van der Waals surface area contributed by atoms with Crippen LogP contribution in [0.2, 0.25) is 0 Å². The summed E-state index contributed by atoms with van der Waals surface area (Å²) in [6.07, 6.45) is 1.81. The summed E-state index contributed by atoms with van der Waals surface area (Å²) in [6.45, 7) is 2.59. The fourth-order valence-electron chi connectivity index (χ4n) is 3.26. The maximum atomic E-state index is 11.9. The zero-order chi connectivity index (χ0) is 18.5. The first-order valence-electron chi connectivity index (χ1n) is 8.75. The van der Waals surface area contributed by atoms with Crippen molar-refractivity contribution in [2.24, 2.45) is 5.92 Å². The monoisotopic (exact) mass is 345 g/mol. The minimum Gasteiger partial charge on any atom is -0.478 e. The second-order valence-electron chi connectivity index (χ2n) is 6.59. The summed E-state index contributed by atoms with van der Waals surface area (Å²) in [7, 11) is 1.99. The van der Waals surface area contributed by atoms with Gasteiger partial charge in [0.05, 0.1) is 0 Å².